The predicted octanol–water partition coefficient (Wildman–Crippen LogP) is 1.00. The summed E-state index contributed by atoms with van der Waals surface area (Å²) in [4.78, 5) is -0.0210. The van der Waals surface area contributed by atoms with Crippen molar-refractivity contribution >= 4 is 10.0 Å². The van der Waals surface area contributed by atoms with Gasteiger partial charge in [-0.25, -0.2) is 12.8 Å². The van der Waals surface area contributed by atoms with Crippen LogP contribution in [0.4, 0.5) is 4.39 Å². The minimum Gasteiger partial charge on any atom is -0.380 e. The molecular weight excluding hydrogens is 283 g/mol. The highest BCUT2D eigenvalue weighted by atomic mass is 32.2. The Balaban J connectivity index is 2.45. The SMILES string of the molecule is Cc1c(F)cc(CN)cc1S(=O)(=O)N(C)C1CCOC1. The normalized spacial score (nSPS) is 19.8. The number of ether oxygens (including phenoxy) is 1. The average Bonchev–Trinajstić information content (AvgIpc) is 2.94. The number of hydrogen-bond acceptors (Lipinski definition) is 4. The van der Waals surface area contributed by atoms with Gasteiger partial charge in [-0.15, -0.1) is 0 Å². The summed E-state index contributed by atoms with van der Waals surface area (Å²) in [7, 11) is -2.25. The first-order valence-corrected chi connectivity index (χ1v) is 7.86. The maximum atomic E-state index is 13.8. The number of likely N-dealkylation sites (N-methyl/N-ethyl adjacent to an activating group) is 1. The summed E-state index contributed by atoms with van der Waals surface area (Å²) in [6.07, 6.45) is 0.647. The van der Waals surface area contributed by atoms with E-state index in [9.17, 15) is 12.8 Å². The fourth-order valence-corrected chi connectivity index (χ4v) is 3.91. The van der Waals surface area contributed by atoms with Crippen LogP contribution in [0, 0.1) is 12.7 Å². The van der Waals surface area contributed by atoms with Crippen molar-refractivity contribution in [2.75, 3.05) is 20.3 Å². The van der Waals surface area contributed by atoms with Crippen molar-refractivity contribution in [3.05, 3.63) is 29.1 Å². The third kappa shape index (κ3) is 2.71. The van der Waals surface area contributed by atoms with Gasteiger partial charge in [-0.2, -0.15) is 4.31 Å². The number of rotatable bonds is 4. The summed E-state index contributed by atoms with van der Waals surface area (Å²) in [5.41, 5.74) is 6.06. The van der Waals surface area contributed by atoms with E-state index < -0.39 is 15.8 Å². The van der Waals surface area contributed by atoms with Gasteiger partial charge in [0, 0.05) is 25.8 Å². The van der Waals surface area contributed by atoms with E-state index >= 15 is 0 Å². The van der Waals surface area contributed by atoms with E-state index in [0.29, 0.717) is 25.2 Å². The molecule has 1 aromatic rings. The first-order valence-electron chi connectivity index (χ1n) is 6.42. The van der Waals surface area contributed by atoms with Gasteiger partial charge in [0.25, 0.3) is 0 Å². The molecule has 2 rings (SSSR count). The molecule has 2 N–H and O–H groups in total. The molecule has 7 heteroatoms. The van der Waals surface area contributed by atoms with Crippen LogP contribution >= 0.6 is 0 Å². The Bertz CT molecular complexity index is 598. The monoisotopic (exact) mass is 302 g/mol. The molecule has 1 aliphatic heterocycles. The van der Waals surface area contributed by atoms with Gasteiger partial charge in [-0.3, -0.25) is 0 Å². The third-order valence-electron chi connectivity index (χ3n) is 3.67. The van der Waals surface area contributed by atoms with Crippen molar-refractivity contribution in [1.82, 2.24) is 4.31 Å². The first-order chi connectivity index (χ1) is 9.37. The van der Waals surface area contributed by atoms with E-state index in [1.54, 1.807) is 0 Å². The van der Waals surface area contributed by atoms with Crippen molar-refractivity contribution in [2.45, 2.75) is 30.8 Å². The van der Waals surface area contributed by atoms with Crippen molar-refractivity contribution in [2.24, 2.45) is 5.73 Å². The quantitative estimate of drug-likeness (QED) is 0.900. The van der Waals surface area contributed by atoms with Crippen LogP contribution < -0.4 is 5.73 Å². The number of hydrogen-bond donors (Lipinski definition) is 1. The average molecular weight is 302 g/mol. The lowest BCUT2D eigenvalue weighted by molar-refractivity contribution is 0.181. The van der Waals surface area contributed by atoms with Crippen LogP contribution in [0.15, 0.2) is 17.0 Å². The van der Waals surface area contributed by atoms with Crippen LogP contribution in [0.2, 0.25) is 0 Å². The maximum absolute atomic E-state index is 13.8. The lowest BCUT2D eigenvalue weighted by Gasteiger charge is -2.24. The Morgan fingerprint density at radius 3 is 2.75 bits per heavy atom. The van der Waals surface area contributed by atoms with Crippen molar-refractivity contribution in [3.63, 3.8) is 0 Å². The molecule has 112 valence electrons. The second-order valence-corrected chi connectivity index (χ2v) is 6.91. The first kappa shape index (κ1) is 15.4. The molecule has 5 nitrogen and oxygen atoms in total. The lowest BCUT2D eigenvalue weighted by atomic mass is 10.1. The van der Waals surface area contributed by atoms with Crippen molar-refractivity contribution in [1.29, 1.82) is 0 Å². The molecule has 1 heterocycles. The van der Waals surface area contributed by atoms with Crippen LogP contribution in [0.25, 0.3) is 0 Å². The Morgan fingerprint density at radius 2 is 2.20 bits per heavy atom. The van der Waals surface area contributed by atoms with Gasteiger partial charge < -0.3 is 10.5 Å². The molecular formula is C13H19FN2O3S. The van der Waals surface area contributed by atoms with E-state index in [2.05, 4.69) is 0 Å². The van der Waals surface area contributed by atoms with Crippen LogP contribution in [0.5, 0.6) is 0 Å². The molecule has 0 amide bonds. The minimum atomic E-state index is -3.75. The molecule has 0 spiro atoms. The molecule has 1 atom stereocenters. The number of nitrogens with zero attached hydrogens (tertiary/aromatic N) is 1. The smallest absolute Gasteiger partial charge is 0.243 e. The van der Waals surface area contributed by atoms with E-state index in [1.807, 2.05) is 0 Å². The molecule has 0 saturated carbocycles. The zero-order valence-electron chi connectivity index (χ0n) is 11.6. The van der Waals surface area contributed by atoms with E-state index in [-0.39, 0.29) is 23.0 Å². The van der Waals surface area contributed by atoms with Gasteiger partial charge in [0.2, 0.25) is 10.0 Å². The van der Waals surface area contributed by atoms with Gasteiger partial charge in [0.15, 0.2) is 0 Å². The Labute approximate surface area is 118 Å². The molecule has 0 bridgehead atoms. The number of halogens is 1. The maximum Gasteiger partial charge on any atom is 0.243 e. The largest absolute Gasteiger partial charge is 0.380 e. The van der Waals surface area contributed by atoms with E-state index in [0.717, 1.165) is 0 Å². The minimum absolute atomic E-state index is 0.0210. The molecule has 1 aliphatic rings. The molecule has 1 saturated heterocycles. The predicted molar refractivity (Wildman–Crippen MR) is 73.2 cm³/mol. The second kappa shape index (κ2) is 5.77. The Morgan fingerprint density at radius 1 is 1.50 bits per heavy atom. The van der Waals surface area contributed by atoms with Crippen LogP contribution in [0.1, 0.15) is 17.5 Å². The van der Waals surface area contributed by atoms with Crippen molar-refractivity contribution in [3.8, 4) is 0 Å². The topological polar surface area (TPSA) is 72.6 Å². The van der Waals surface area contributed by atoms with Crippen LogP contribution in [-0.4, -0.2) is 39.0 Å². The standard InChI is InChI=1S/C13H19FN2O3S/c1-9-12(14)5-10(7-15)6-13(9)20(17,18)16(2)11-3-4-19-8-11/h5-6,11H,3-4,7-8,15H2,1-2H3. The fraction of sp³-hybridized carbons (Fsp3) is 0.538. The Kier molecular flexibility index (Phi) is 4.43. The molecule has 0 radical (unpaired) electrons. The zero-order chi connectivity index (χ0) is 14.9. The van der Waals surface area contributed by atoms with Crippen LogP contribution in [-0.2, 0) is 21.3 Å². The van der Waals surface area contributed by atoms with Gasteiger partial charge in [-0.1, -0.05) is 0 Å². The molecule has 20 heavy (non-hydrogen) atoms. The van der Waals surface area contributed by atoms with Gasteiger partial charge in [-0.05, 0) is 31.0 Å². The molecule has 0 aromatic heterocycles. The summed E-state index contributed by atoms with van der Waals surface area (Å²) in [6, 6.07) is 2.51. The summed E-state index contributed by atoms with van der Waals surface area (Å²) >= 11 is 0. The summed E-state index contributed by atoms with van der Waals surface area (Å²) in [6.45, 7) is 2.46. The molecule has 1 fully saturated rings. The number of sulfonamides is 1. The highest BCUT2D eigenvalue weighted by Gasteiger charge is 2.32. The summed E-state index contributed by atoms with van der Waals surface area (Å²) in [5.74, 6) is -0.553. The third-order valence-corrected chi connectivity index (χ3v) is 5.71. The molecule has 1 unspecified atom stereocenters. The Hall–Kier alpha value is -1.02. The van der Waals surface area contributed by atoms with Gasteiger partial charge in [0.1, 0.15) is 5.82 Å². The summed E-state index contributed by atoms with van der Waals surface area (Å²) < 4.78 is 45.6. The highest BCUT2D eigenvalue weighted by molar-refractivity contribution is 7.89. The molecule has 1 aromatic carbocycles. The number of benzene rings is 1. The molecule has 0 aliphatic carbocycles. The van der Waals surface area contributed by atoms with Crippen molar-refractivity contribution < 1.29 is 17.5 Å². The number of nitrogens with two attached hydrogens (primary N) is 1. The summed E-state index contributed by atoms with van der Waals surface area (Å²) in [5, 5.41) is 0. The second-order valence-electron chi connectivity index (χ2n) is 4.94. The van der Waals surface area contributed by atoms with Gasteiger partial charge in [0.05, 0.1) is 17.5 Å². The van der Waals surface area contributed by atoms with Crippen LogP contribution in [0.3, 0.4) is 0 Å². The zero-order valence-corrected chi connectivity index (χ0v) is 12.4. The fourth-order valence-electron chi connectivity index (χ4n) is 2.25. The van der Waals surface area contributed by atoms with E-state index in [4.69, 9.17) is 10.5 Å². The highest BCUT2D eigenvalue weighted by Crippen LogP contribution is 2.26. The van der Waals surface area contributed by atoms with Gasteiger partial charge >= 0.3 is 0 Å². The lowest BCUT2D eigenvalue weighted by Crippen LogP contribution is -2.37. The van der Waals surface area contributed by atoms with E-state index in [1.165, 1.54) is 30.4 Å².